The number of unbranched alkanes of at least 4 members (excludes halogenated alkanes) is 7. The van der Waals surface area contributed by atoms with Crippen molar-refractivity contribution in [1.82, 2.24) is 0 Å². The van der Waals surface area contributed by atoms with Gasteiger partial charge in [-0.25, -0.2) is 0 Å². The van der Waals surface area contributed by atoms with Gasteiger partial charge in [0.2, 0.25) is 0 Å². The predicted octanol–water partition coefficient (Wildman–Crippen LogP) is 5.64. The summed E-state index contributed by atoms with van der Waals surface area (Å²) in [5.41, 5.74) is 2.78. The van der Waals surface area contributed by atoms with Crippen LogP contribution in [0.4, 0.5) is 0 Å². The second-order valence-corrected chi connectivity index (χ2v) is 5.91. The molecule has 1 aromatic carbocycles. The third-order valence-electron chi connectivity index (χ3n) is 3.95. The van der Waals surface area contributed by atoms with Crippen molar-refractivity contribution in [1.29, 1.82) is 0 Å². The van der Waals surface area contributed by atoms with Gasteiger partial charge in [-0.05, 0) is 43.5 Å². The molecular weight excluding hydrogens is 260 g/mol. The van der Waals surface area contributed by atoms with Gasteiger partial charge in [0.25, 0.3) is 0 Å². The first-order valence-corrected chi connectivity index (χ1v) is 8.38. The third-order valence-corrected chi connectivity index (χ3v) is 3.95. The molecule has 0 spiro atoms. The van der Waals surface area contributed by atoms with Crippen LogP contribution in [0, 0.1) is 13.8 Å². The maximum Gasteiger partial charge on any atom is 0.150 e. The molecule has 0 aliphatic carbocycles. The van der Waals surface area contributed by atoms with Crippen molar-refractivity contribution in [2.75, 3.05) is 6.61 Å². The van der Waals surface area contributed by atoms with E-state index >= 15 is 0 Å². The molecule has 21 heavy (non-hydrogen) atoms. The molecule has 1 aromatic rings. The minimum Gasteiger partial charge on any atom is -0.494 e. The Morgan fingerprint density at radius 2 is 1.43 bits per heavy atom. The second-order valence-electron chi connectivity index (χ2n) is 5.91. The number of ether oxygens (including phenoxy) is 1. The van der Waals surface area contributed by atoms with Crippen molar-refractivity contribution in [3.05, 3.63) is 28.8 Å². The average Bonchev–Trinajstić information content (AvgIpc) is 2.45. The van der Waals surface area contributed by atoms with Crippen LogP contribution in [0.25, 0.3) is 0 Å². The molecule has 0 atom stereocenters. The monoisotopic (exact) mass is 290 g/mol. The quantitative estimate of drug-likeness (QED) is 0.389. The smallest absolute Gasteiger partial charge is 0.150 e. The Balaban J connectivity index is 2.17. The number of hydrogen-bond acceptors (Lipinski definition) is 2. The molecule has 1 rings (SSSR count). The van der Waals surface area contributed by atoms with Gasteiger partial charge in [-0.3, -0.25) is 4.79 Å². The van der Waals surface area contributed by atoms with Gasteiger partial charge in [-0.15, -0.1) is 0 Å². The lowest BCUT2D eigenvalue weighted by atomic mass is 10.0. The van der Waals surface area contributed by atoms with Gasteiger partial charge in [-0.1, -0.05) is 51.9 Å². The second kappa shape index (κ2) is 10.4. The molecule has 0 heterocycles. The number of carbonyl (C=O) groups excluding carboxylic acids is 1. The molecule has 0 N–H and O–H groups in total. The van der Waals surface area contributed by atoms with Crippen molar-refractivity contribution in [2.45, 2.75) is 72.1 Å². The average molecular weight is 290 g/mol. The van der Waals surface area contributed by atoms with Crippen molar-refractivity contribution in [3.8, 4) is 5.75 Å². The fraction of sp³-hybridized carbons (Fsp3) is 0.632. The van der Waals surface area contributed by atoms with E-state index in [4.69, 9.17) is 4.74 Å². The van der Waals surface area contributed by atoms with Crippen LogP contribution < -0.4 is 4.74 Å². The summed E-state index contributed by atoms with van der Waals surface area (Å²) in [5, 5.41) is 0. The Morgan fingerprint density at radius 1 is 0.905 bits per heavy atom. The largest absolute Gasteiger partial charge is 0.494 e. The molecule has 118 valence electrons. The molecule has 0 radical (unpaired) electrons. The molecule has 0 unspecified atom stereocenters. The van der Waals surface area contributed by atoms with Crippen molar-refractivity contribution in [3.63, 3.8) is 0 Å². The van der Waals surface area contributed by atoms with E-state index in [1.165, 1.54) is 44.9 Å². The van der Waals surface area contributed by atoms with Gasteiger partial charge in [0, 0.05) is 5.56 Å². The Labute approximate surface area is 129 Å². The molecule has 0 bridgehead atoms. The number of carbonyl (C=O) groups is 1. The van der Waals surface area contributed by atoms with Crippen LogP contribution in [0.1, 0.15) is 79.8 Å². The van der Waals surface area contributed by atoms with E-state index in [1.54, 1.807) is 0 Å². The van der Waals surface area contributed by atoms with Crippen LogP contribution >= 0.6 is 0 Å². The number of benzene rings is 1. The van der Waals surface area contributed by atoms with Gasteiger partial charge in [0.05, 0.1) is 6.61 Å². The Hall–Kier alpha value is -1.31. The van der Waals surface area contributed by atoms with Gasteiger partial charge in [0.15, 0.2) is 6.29 Å². The number of aryl methyl sites for hydroxylation is 2. The minimum atomic E-state index is 0.772. The van der Waals surface area contributed by atoms with E-state index in [1.807, 2.05) is 26.0 Å². The molecule has 2 heteroatoms. The first-order valence-electron chi connectivity index (χ1n) is 8.38. The molecule has 0 fully saturated rings. The van der Waals surface area contributed by atoms with Crippen LogP contribution in [0.3, 0.4) is 0 Å². The molecule has 0 aliphatic heterocycles. The maximum absolute atomic E-state index is 10.9. The van der Waals surface area contributed by atoms with E-state index < -0.39 is 0 Å². The van der Waals surface area contributed by atoms with E-state index in [9.17, 15) is 4.79 Å². The fourth-order valence-electron chi connectivity index (χ4n) is 2.63. The lowest BCUT2D eigenvalue weighted by Crippen LogP contribution is -2.00. The van der Waals surface area contributed by atoms with Crippen molar-refractivity contribution < 1.29 is 9.53 Å². The van der Waals surface area contributed by atoms with Crippen LogP contribution in [-0.4, -0.2) is 12.9 Å². The van der Waals surface area contributed by atoms with Gasteiger partial charge in [-0.2, -0.15) is 0 Å². The topological polar surface area (TPSA) is 26.3 Å². The fourth-order valence-corrected chi connectivity index (χ4v) is 2.63. The summed E-state index contributed by atoms with van der Waals surface area (Å²) in [6, 6.07) is 3.92. The molecule has 0 aliphatic rings. The SMILES string of the molecule is CCCCCCCCCCOc1cc(C)c(C=O)c(C)c1. The maximum atomic E-state index is 10.9. The summed E-state index contributed by atoms with van der Waals surface area (Å²) >= 11 is 0. The normalized spacial score (nSPS) is 10.6. The molecule has 0 saturated carbocycles. The number of aldehydes is 1. The molecule has 2 nitrogen and oxygen atoms in total. The Morgan fingerprint density at radius 3 is 1.95 bits per heavy atom. The van der Waals surface area contributed by atoms with E-state index in [0.29, 0.717) is 0 Å². The van der Waals surface area contributed by atoms with Gasteiger partial charge < -0.3 is 4.74 Å². The summed E-state index contributed by atoms with van der Waals surface area (Å²) < 4.78 is 5.80. The summed E-state index contributed by atoms with van der Waals surface area (Å²) in [7, 11) is 0. The number of hydrogen-bond donors (Lipinski definition) is 0. The Bertz CT molecular complexity index is 401. The predicted molar refractivity (Wildman–Crippen MR) is 89.4 cm³/mol. The third kappa shape index (κ3) is 6.79. The van der Waals surface area contributed by atoms with Crippen molar-refractivity contribution in [2.24, 2.45) is 0 Å². The molecule has 0 saturated heterocycles. The Kier molecular flexibility index (Phi) is 8.80. The zero-order chi connectivity index (χ0) is 15.5. The highest BCUT2D eigenvalue weighted by Gasteiger charge is 2.04. The first-order chi connectivity index (χ1) is 10.2. The summed E-state index contributed by atoms with van der Waals surface area (Å²) in [6.07, 6.45) is 11.4. The zero-order valence-electron chi connectivity index (χ0n) is 13.9. The standard InChI is InChI=1S/C19H30O2/c1-4-5-6-7-8-9-10-11-12-21-18-13-16(2)19(15-20)17(3)14-18/h13-15H,4-12H2,1-3H3. The minimum absolute atomic E-state index is 0.772. The molecule has 0 aromatic heterocycles. The van der Waals surface area contributed by atoms with Gasteiger partial charge in [0.1, 0.15) is 5.75 Å². The van der Waals surface area contributed by atoms with E-state index in [0.717, 1.165) is 41.8 Å². The highest BCUT2D eigenvalue weighted by molar-refractivity contribution is 5.80. The molecule has 0 amide bonds. The van der Waals surface area contributed by atoms with Crippen LogP contribution in [0.5, 0.6) is 5.75 Å². The number of rotatable bonds is 11. The first kappa shape index (κ1) is 17.7. The summed E-state index contributed by atoms with van der Waals surface area (Å²) in [4.78, 5) is 10.9. The van der Waals surface area contributed by atoms with Crippen LogP contribution in [0.15, 0.2) is 12.1 Å². The van der Waals surface area contributed by atoms with Crippen LogP contribution in [-0.2, 0) is 0 Å². The zero-order valence-corrected chi connectivity index (χ0v) is 13.9. The lowest BCUT2D eigenvalue weighted by molar-refractivity contribution is 0.112. The lowest BCUT2D eigenvalue weighted by Gasteiger charge is -2.10. The van der Waals surface area contributed by atoms with Crippen molar-refractivity contribution >= 4 is 6.29 Å². The van der Waals surface area contributed by atoms with Crippen LogP contribution in [0.2, 0.25) is 0 Å². The van der Waals surface area contributed by atoms with E-state index in [2.05, 4.69) is 6.92 Å². The molecular formula is C19H30O2. The highest BCUT2D eigenvalue weighted by Crippen LogP contribution is 2.21. The van der Waals surface area contributed by atoms with E-state index in [-0.39, 0.29) is 0 Å². The summed E-state index contributed by atoms with van der Waals surface area (Å²) in [6.45, 7) is 6.94. The van der Waals surface area contributed by atoms with Gasteiger partial charge >= 0.3 is 0 Å². The summed E-state index contributed by atoms with van der Waals surface area (Å²) in [5.74, 6) is 0.888. The highest BCUT2D eigenvalue weighted by atomic mass is 16.5.